The fourth-order valence-corrected chi connectivity index (χ4v) is 3.01. The number of urea groups is 1. The number of amides is 3. The van der Waals surface area contributed by atoms with E-state index in [2.05, 4.69) is 10.6 Å². The quantitative estimate of drug-likeness (QED) is 0.828. The van der Waals surface area contributed by atoms with Crippen LogP contribution in [-0.2, 0) is 4.79 Å². The van der Waals surface area contributed by atoms with Crippen molar-refractivity contribution in [1.29, 1.82) is 0 Å². The van der Waals surface area contributed by atoms with Crippen LogP contribution in [0.2, 0.25) is 0 Å². The molecule has 0 bridgehead atoms. The first kappa shape index (κ1) is 14.1. The highest BCUT2D eigenvalue weighted by Crippen LogP contribution is 2.27. The molecule has 0 saturated heterocycles. The topological polar surface area (TPSA) is 58.2 Å². The molecule has 0 aliphatic carbocycles. The lowest BCUT2D eigenvalue weighted by atomic mass is 10.4. The van der Waals surface area contributed by atoms with Crippen molar-refractivity contribution in [3.05, 3.63) is 17.5 Å². The number of rotatable bonds is 4. The molecule has 1 aromatic heterocycles. The molecule has 1 heterocycles. The summed E-state index contributed by atoms with van der Waals surface area (Å²) < 4.78 is 1.07. The number of hydrogen-bond acceptors (Lipinski definition) is 4. The van der Waals surface area contributed by atoms with Crippen molar-refractivity contribution in [2.75, 3.05) is 0 Å². The second kappa shape index (κ2) is 6.66. The normalized spacial score (nSPS) is 12.2. The molecule has 1 atom stereocenters. The van der Waals surface area contributed by atoms with Gasteiger partial charge in [-0.3, -0.25) is 10.1 Å². The van der Waals surface area contributed by atoms with Gasteiger partial charge in [-0.25, -0.2) is 4.79 Å². The Morgan fingerprint density at radius 1 is 1.35 bits per heavy atom. The fraction of sp³-hybridized carbons (Fsp3) is 0.455. The third kappa shape index (κ3) is 5.23. The molecule has 4 nitrogen and oxygen atoms in total. The largest absolute Gasteiger partial charge is 0.336 e. The van der Waals surface area contributed by atoms with Gasteiger partial charge < -0.3 is 5.32 Å². The fourth-order valence-electron chi connectivity index (χ4n) is 1.07. The van der Waals surface area contributed by atoms with Gasteiger partial charge in [0.1, 0.15) is 0 Å². The van der Waals surface area contributed by atoms with Crippen LogP contribution < -0.4 is 10.6 Å². The van der Waals surface area contributed by atoms with Crippen molar-refractivity contribution in [2.24, 2.45) is 0 Å². The van der Waals surface area contributed by atoms with Gasteiger partial charge in [-0.15, -0.1) is 23.1 Å². The molecule has 0 aromatic carbocycles. The van der Waals surface area contributed by atoms with Gasteiger partial charge in [0.05, 0.1) is 9.46 Å². The lowest BCUT2D eigenvalue weighted by Gasteiger charge is -2.12. The third-order valence-electron chi connectivity index (χ3n) is 1.81. The molecule has 2 N–H and O–H groups in total. The van der Waals surface area contributed by atoms with Crippen LogP contribution in [0.15, 0.2) is 21.7 Å². The molecule has 1 aromatic rings. The van der Waals surface area contributed by atoms with Gasteiger partial charge in [-0.1, -0.05) is 6.07 Å². The molecule has 0 aliphatic rings. The van der Waals surface area contributed by atoms with Crippen LogP contribution in [0.1, 0.15) is 20.8 Å². The molecule has 0 radical (unpaired) electrons. The molecule has 1 rings (SSSR count). The van der Waals surface area contributed by atoms with E-state index in [1.165, 1.54) is 11.8 Å². The summed E-state index contributed by atoms with van der Waals surface area (Å²) in [5, 5.41) is 6.60. The lowest BCUT2D eigenvalue weighted by Crippen LogP contribution is -2.45. The van der Waals surface area contributed by atoms with E-state index in [1.807, 2.05) is 31.4 Å². The van der Waals surface area contributed by atoms with Crippen LogP contribution in [0.25, 0.3) is 0 Å². The molecule has 0 fully saturated rings. The summed E-state index contributed by atoms with van der Waals surface area (Å²) in [4.78, 5) is 23.0. The number of carbonyl (C=O) groups is 2. The van der Waals surface area contributed by atoms with E-state index in [9.17, 15) is 9.59 Å². The first-order valence-corrected chi connectivity index (χ1v) is 7.06. The summed E-state index contributed by atoms with van der Waals surface area (Å²) in [6.07, 6.45) is 0. The standard InChI is InChI=1S/C11H16N2O2S2/c1-7(2)12-11(15)13-10(14)8(3)17-9-5-4-6-16-9/h4-8H,1-3H3,(H2,12,13,14,15)/t8-/m1/s1. The Hall–Kier alpha value is -1.01. The number of carbonyl (C=O) groups excluding carboxylic acids is 2. The molecular weight excluding hydrogens is 256 g/mol. The van der Waals surface area contributed by atoms with Crippen LogP contribution in [0, 0.1) is 0 Å². The molecule has 0 unspecified atom stereocenters. The molecule has 0 spiro atoms. The van der Waals surface area contributed by atoms with Crippen molar-refractivity contribution in [2.45, 2.75) is 36.3 Å². The highest BCUT2D eigenvalue weighted by Gasteiger charge is 2.17. The monoisotopic (exact) mass is 272 g/mol. The Bertz CT molecular complexity index is 377. The van der Waals surface area contributed by atoms with Gasteiger partial charge in [-0.05, 0) is 32.2 Å². The minimum atomic E-state index is -0.441. The van der Waals surface area contributed by atoms with Crippen molar-refractivity contribution in [3.63, 3.8) is 0 Å². The summed E-state index contributed by atoms with van der Waals surface area (Å²) in [6, 6.07) is 3.46. The van der Waals surface area contributed by atoms with Crippen molar-refractivity contribution >= 4 is 35.0 Å². The van der Waals surface area contributed by atoms with Gasteiger partial charge in [-0.2, -0.15) is 0 Å². The van der Waals surface area contributed by atoms with E-state index < -0.39 is 6.03 Å². The second-order valence-electron chi connectivity index (χ2n) is 3.81. The lowest BCUT2D eigenvalue weighted by molar-refractivity contribution is -0.119. The average molecular weight is 272 g/mol. The van der Waals surface area contributed by atoms with Gasteiger partial charge in [0, 0.05) is 6.04 Å². The van der Waals surface area contributed by atoms with E-state index >= 15 is 0 Å². The first-order valence-electron chi connectivity index (χ1n) is 5.30. The van der Waals surface area contributed by atoms with E-state index in [-0.39, 0.29) is 17.2 Å². The zero-order chi connectivity index (χ0) is 12.8. The molecular formula is C11H16N2O2S2. The maximum atomic E-state index is 11.7. The molecule has 0 saturated carbocycles. The van der Waals surface area contributed by atoms with Crippen LogP contribution in [0.5, 0.6) is 0 Å². The number of thiophene rings is 1. The maximum Gasteiger partial charge on any atom is 0.321 e. The number of hydrogen-bond donors (Lipinski definition) is 2. The SMILES string of the molecule is CC(C)NC(=O)NC(=O)[C@@H](C)Sc1cccs1. The first-order chi connectivity index (χ1) is 7.99. The van der Waals surface area contributed by atoms with E-state index in [1.54, 1.807) is 18.3 Å². The van der Waals surface area contributed by atoms with Crippen LogP contribution in [0.3, 0.4) is 0 Å². The molecule has 94 valence electrons. The van der Waals surface area contributed by atoms with Crippen molar-refractivity contribution in [3.8, 4) is 0 Å². The number of imide groups is 1. The van der Waals surface area contributed by atoms with E-state index in [0.717, 1.165) is 4.21 Å². The van der Waals surface area contributed by atoms with Crippen molar-refractivity contribution < 1.29 is 9.59 Å². The Balaban J connectivity index is 2.39. The smallest absolute Gasteiger partial charge is 0.321 e. The molecule has 3 amide bonds. The Labute approximate surface area is 109 Å². The van der Waals surface area contributed by atoms with Gasteiger partial charge in [0.15, 0.2) is 0 Å². The maximum absolute atomic E-state index is 11.7. The minimum absolute atomic E-state index is 0.0167. The highest BCUT2D eigenvalue weighted by atomic mass is 32.2. The number of thioether (sulfide) groups is 1. The Morgan fingerprint density at radius 3 is 2.59 bits per heavy atom. The second-order valence-corrected chi connectivity index (χ2v) is 6.40. The van der Waals surface area contributed by atoms with Gasteiger partial charge in [0.25, 0.3) is 0 Å². The van der Waals surface area contributed by atoms with Crippen LogP contribution in [0.4, 0.5) is 4.79 Å². The van der Waals surface area contributed by atoms with Crippen LogP contribution in [-0.4, -0.2) is 23.2 Å². The summed E-state index contributed by atoms with van der Waals surface area (Å²) in [5.74, 6) is -0.276. The predicted octanol–water partition coefficient (Wildman–Crippen LogP) is 2.46. The van der Waals surface area contributed by atoms with E-state index in [0.29, 0.717) is 0 Å². The minimum Gasteiger partial charge on any atom is -0.336 e. The zero-order valence-electron chi connectivity index (χ0n) is 10.0. The number of nitrogens with one attached hydrogen (secondary N) is 2. The van der Waals surface area contributed by atoms with Gasteiger partial charge >= 0.3 is 6.03 Å². The average Bonchev–Trinajstić information content (AvgIpc) is 2.68. The summed E-state index contributed by atoms with van der Waals surface area (Å²) in [5.41, 5.74) is 0. The molecule has 0 aliphatic heterocycles. The summed E-state index contributed by atoms with van der Waals surface area (Å²) in [6.45, 7) is 5.46. The Morgan fingerprint density at radius 2 is 2.06 bits per heavy atom. The molecule has 6 heteroatoms. The van der Waals surface area contributed by atoms with E-state index in [4.69, 9.17) is 0 Å². The predicted molar refractivity (Wildman–Crippen MR) is 71.4 cm³/mol. The summed E-state index contributed by atoms with van der Waals surface area (Å²) >= 11 is 3.03. The summed E-state index contributed by atoms with van der Waals surface area (Å²) in [7, 11) is 0. The van der Waals surface area contributed by atoms with Gasteiger partial charge in [0.2, 0.25) is 5.91 Å². The van der Waals surface area contributed by atoms with Crippen molar-refractivity contribution in [1.82, 2.24) is 10.6 Å². The highest BCUT2D eigenvalue weighted by molar-refractivity contribution is 8.02. The molecule has 17 heavy (non-hydrogen) atoms. The third-order valence-corrected chi connectivity index (χ3v) is 3.99. The zero-order valence-corrected chi connectivity index (χ0v) is 11.7. The van der Waals surface area contributed by atoms with Crippen LogP contribution >= 0.6 is 23.1 Å². The Kier molecular flexibility index (Phi) is 5.50.